The lowest BCUT2D eigenvalue weighted by atomic mass is 10.0. The molecule has 1 unspecified atom stereocenters. The van der Waals surface area contributed by atoms with Crippen LogP contribution in [0.1, 0.15) is 20.3 Å². The lowest BCUT2D eigenvalue weighted by molar-refractivity contribution is -0.277. The van der Waals surface area contributed by atoms with Crippen molar-refractivity contribution in [2.75, 3.05) is 13.7 Å². The van der Waals surface area contributed by atoms with Gasteiger partial charge in [-0.15, -0.1) is 0 Å². The molecule has 0 saturated heterocycles. The number of hydrogen-bond donors (Lipinski definition) is 5. The first-order valence-electron chi connectivity index (χ1n) is 5.52. The van der Waals surface area contributed by atoms with Crippen LogP contribution in [0.5, 0.6) is 0 Å². The second kappa shape index (κ2) is 7.93. The fourth-order valence-electron chi connectivity index (χ4n) is 1.48. The number of aliphatic hydroxyl groups excluding tert-OH is 5. The molecule has 7 nitrogen and oxygen atoms in total. The minimum Gasteiger partial charge on any atom is -0.396 e. The second-order valence-electron chi connectivity index (χ2n) is 4.11. The van der Waals surface area contributed by atoms with E-state index in [1.807, 2.05) is 0 Å². The summed E-state index contributed by atoms with van der Waals surface area (Å²) in [6.45, 7) is 3.14. The molecule has 0 heterocycles. The van der Waals surface area contributed by atoms with Gasteiger partial charge in [-0.05, 0) is 20.3 Å². The molecule has 7 heteroatoms. The summed E-state index contributed by atoms with van der Waals surface area (Å²) in [4.78, 5) is 4.87. The van der Waals surface area contributed by atoms with Gasteiger partial charge in [0, 0.05) is 12.6 Å². The van der Waals surface area contributed by atoms with Crippen molar-refractivity contribution in [2.45, 2.75) is 50.8 Å². The monoisotopic (exact) mass is 253 g/mol. The average Bonchev–Trinajstić information content (AvgIpc) is 2.27. The Morgan fingerprint density at radius 3 is 1.94 bits per heavy atom. The molecule has 0 radical (unpaired) electrons. The van der Waals surface area contributed by atoms with Crippen LogP contribution >= 0.6 is 0 Å². The maximum absolute atomic E-state index is 9.75. The molecule has 0 bridgehead atoms. The zero-order valence-electron chi connectivity index (χ0n) is 10.4. The molecule has 0 aliphatic heterocycles. The Morgan fingerprint density at radius 1 is 1.06 bits per heavy atom. The van der Waals surface area contributed by atoms with Gasteiger partial charge in [-0.25, -0.2) is 0 Å². The first kappa shape index (κ1) is 16.7. The van der Waals surface area contributed by atoms with E-state index < -0.39 is 24.5 Å². The van der Waals surface area contributed by atoms with Gasteiger partial charge in [0.15, 0.2) is 6.23 Å². The molecule has 0 aromatic rings. The maximum atomic E-state index is 9.75. The van der Waals surface area contributed by atoms with Crippen molar-refractivity contribution in [1.29, 1.82) is 0 Å². The van der Waals surface area contributed by atoms with Crippen LogP contribution in [0.2, 0.25) is 0 Å². The number of hydrogen-bond acceptors (Lipinski definition) is 7. The molecule has 17 heavy (non-hydrogen) atoms. The zero-order valence-corrected chi connectivity index (χ0v) is 10.4. The highest BCUT2D eigenvalue weighted by molar-refractivity contribution is 4.80. The topological polar surface area (TPSA) is 114 Å². The van der Waals surface area contributed by atoms with E-state index in [1.165, 1.54) is 7.11 Å². The molecule has 0 aromatic heterocycles. The molecule has 0 fully saturated rings. The van der Waals surface area contributed by atoms with E-state index in [-0.39, 0.29) is 19.1 Å². The van der Waals surface area contributed by atoms with Crippen molar-refractivity contribution in [1.82, 2.24) is 5.06 Å². The van der Waals surface area contributed by atoms with E-state index in [4.69, 9.17) is 9.94 Å². The Labute approximate surface area is 101 Å². The Kier molecular flexibility index (Phi) is 7.80. The molecule has 4 atom stereocenters. The largest absolute Gasteiger partial charge is 0.396 e. The molecular weight excluding hydrogens is 230 g/mol. The van der Waals surface area contributed by atoms with Crippen LogP contribution in [-0.4, -0.2) is 74.9 Å². The van der Waals surface area contributed by atoms with Crippen LogP contribution in [0.15, 0.2) is 0 Å². The number of nitrogens with zero attached hydrogens (tertiary/aromatic N) is 1. The van der Waals surface area contributed by atoms with Gasteiger partial charge in [0.1, 0.15) is 12.2 Å². The van der Waals surface area contributed by atoms with Gasteiger partial charge >= 0.3 is 0 Å². The molecule has 0 spiro atoms. The quantitative estimate of drug-likeness (QED) is 0.252. The van der Waals surface area contributed by atoms with E-state index in [2.05, 4.69) is 0 Å². The predicted molar refractivity (Wildman–Crippen MR) is 59.7 cm³/mol. The summed E-state index contributed by atoms with van der Waals surface area (Å²) in [5.41, 5.74) is 0. The smallest absolute Gasteiger partial charge is 0.158 e. The minimum atomic E-state index is -1.60. The first-order valence-corrected chi connectivity index (χ1v) is 5.52. The summed E-state index contributed by atoms with van der Waals surface area (Å²) >= 11 is 0. The molecule has 0 amide bonds. The highest BCUT2D eigenvalue weighted by Gasteiger charge is 2.34. The van der Waals surface area contributed by atoms with Crippen LogP contribution in [0.4, 0.5) is 0 Å². The lowest BCUT2D eigenvalue weighted by Crippen LogP contribution is -2.53. The Bertz CT molecular complexity index is 203. The third-order valence-electron chi connectivity index (χ3n) is 2.45. The third-order valence-corrected chi connectivity index (χ3v) is 2.45. The van der Waals surface area contributed by atoms with Gasteiger partial charge in [-0.2, -0.15) is 5.06 Å². The van der Waals surface area contributed by atoms with Crippen LogP contribution in [0.25, 0.3) is 0 Å². The highest BCUT2D eigenvalue weighted by Crippen LogP contribution is 2.13. The maximum Gasteiger partial charge on any atom is 0.158 e. The van der Waals surface area contributed by atoms with Gasteiger partial charge in [-0.3, -0.25) is 4.84 Å². The van der Waals surface area contributed by atoms with Crippen LogP contribution in [-0.2, 0) is 4.84 Å². The summed E-state index contributed by atoms with van der Waals surface area (Å²) in [6, 6.07) is -0.216. The van der Waals surface area contributed by atoms with Crippen molar-refractivity contribution in [2.24, 2.45) is 0 Å². The Morgan fingerprint density at radius 2 is 1.59 bits per heavy atom. The first-order chi connectivity index (χ1) is 7.86. The van der Waals surface area contributed by atoms with E-state index in [1.54, 1.807) is 13.8 Å². The van der Waals surface area contributed by atoms with Crippen LogP contribution in [0.3, 0.4) is 0 Å². The molecule has 0 aliphatic rings. The standard InChI is InChI=1S/C10H23NO6/c1-6(2)11(17-3)10(16)9(15)8(14)7(13)4-5-12/h6-10,12-16H,4-5H2,1-3H3/t7-,8+,9?,10-/m1/s1. The van der Waals surface area contributed by atoms with Crippen molar-refractivity contribution in [3.8, 4) is 0 Å². The van der Waals surface area contributed by atoms with E-state index in [0.717, 1.165) is 5.06 Å². The van der Waals surface area contributed by atoms with Gasteiger partial charge in [-0.1, -0.05) is 0 Å². The molecule has 104 valence electrons. The van der Waals surface area contributed by atoms with E-state index >= 15 is 0 Å². The van der Waals surface area contributed by atoms with E-state index in [0.29, 0.717) is 0 Å². The van der Waals surface area contributed by atoms with Gasteiger partial charge in [0.2, 0.25) is 0 Å². The Balaban J connectivity index is 4.50. The summed E-state index contributed by atoms with van der Waals surface area (Å²) in [5.74, 6) is 0. The summed E-state index contributed by atoms with van der Waals surface area (Å²) in [5, 5.41) is 48.1. The molecular formula is C10H23NO6. The van der Waals surface area contributed by atoms with E-state index in [9.17, 15) is 20.4 Å². The van der Waals surface area contributed by atoms with Crippen LogP contribution in [0, 0.1) is 0 Å². The number of rotatable bonds is 8. The average molecular weight is 253 g/mol. The Hall–Kier alpha value is -0.280. The van der Waals surface area contributed by atoms with Crippen molar-refractivity contribution in [3.63, 3.8) is 0 Å². The molecule has 0 aromatic carbocycles. The molecule has 0 aliphatic carbocycles. The van der Waals surface area contributed by atoms with Crippen molar-refractivity contribution in [3.05, 3.63) is 0 Å². The fraction of sp³-hybridized carbons (Fsp3) is 1.00. The van der Waals surface area contributed by atoms with Crippen molar-refractivity contribution < 1.29 is 30.4 Å². The van der Waals surface area contributed by atoms with Gasteiger partial charge < -0.3 is 25.5 Å². The minimum absolute atomic E-state index is 0.0837. The van der Waals surface area contributed by atoms with Gasteiger partial charge in [0.25, 0.3) is 0 Å². The lowest BCUT2D eigenvalue weighted by Gasteiger charge is -2.34. The summed E-state index contributed by atoms with van der Waals surface area (Å²) < 4.78 is 0. The highest BCUT2D eigenvalue weighted by atomic mass is 16.7. The van der Waals surface area contributed by atoms with Gasteiger partial charge in [0.05, 0.1) is 13.2 Å². The summed E-state index contributed by atoms with van der Waals surface area (Å²) in [7, 11) is 1.33. The zero-order chi connectivity index (χ0) is 13.6. The SMILES string of the molecule is CON(C(C)C)[C@H](O)C(O)[C@@H](O)[C@H](O)CCO. The fourth-order valence-corrected chi connectivity index (χ4v) is 1.48. The van der Waals surface area contributed by atoms with Crippen molar-refractivity contribution >= 4 is 0 Å². The molecule has 0 saturated carbocycles. The molecule has 5 N–H and O–H groups in total. The number of hydroxylamine groups is 2. The van der Waals surface area contributed by atoms with Crippen LogP contribution < -0.4 is 0 Å². The third kappa shape index (κ3) is 4.84. The summed E-state index contributed by atoms with van der Waals surface area (Å²) in [6.07, 6.45) is -6.02. The normalized spacial score (nSPS) is 19.4. The number of aliphatic hydroxyl groups is 5. The second-order valence-corrected chi connectivity index (χ2v) is 4.11. The predicted octanol–water partition coefficient (Wildman–Crippen LogP) is -1.96. The molecule has 0 rings (SSSR count).